The third kappa shape index (κ3) is 8.05. The Morgan fingerprint density at radius 1 is 1.07 bits per heavy atom. The molecule has 0 rings (SSSR count). The highest BCUT2D eigenvalue weighted by Crippen LogP contribution is 2.00. The molecule has 0 atom stereocenters. The van der Waals surface area contributed by atoms with E-state index < -0.39 is 0 Å². The molecule has 84 valence electrons. The minimum Gasteiger partial charge on any atom is -0.388 e. The van der Waals surface area contributed by atoms with E-state index in [0.29, 0.717) is 5.84 Å². The van der Waals surface area contributed by atoms with Crippen molar-refractivity contribution in [3.05, 3.63) is 0 Å². The SMILES string of the molecule is CCCN(CCC)CCCCC(=N)N. The quantitative estimate of drug-likeness (QED) is 0.340. The fourth-order valence-electron chi connectivity index (χ4n) is 1.62. The minimum absolute atomic E-state index is 0.322. The first-order chi connectivity index (χ1) is 6.70. The highest BCUT2D eigenvalue weighted by Gasteiger charge is 2.01. The molecule has 0 aromatic carbocycles. The molecule has 0 saturated carbocycles. The number of hydrogen-bond donors (Lipinski definition) is 2. The number of nitrogens with two attached hydrogens (primary N) is 1. The maximum atomic E-state index is 7.11. The molecule has 3 nitrogen and oxygen atoms in total. The van der Waals surface area contributed by atoms with Crippen molar-refractivity contribution in [1.29, 1.82) is 5.41 Å². The van der Waals surface area contributed by atoms with Crippen LogP contribution in [0.25, 0.3) is 0 Å². The number of rotatable bonds is 9. The third-order valence-electron chi connectivity index (χ3n) is 2.25. The Bertz CT molecular complexity index is 139. The van der Waals surface area contributed by atoms with E-state index in [4.69, 9.17) is 11.1 Å². The van der Waals surface area contributed by atoms with Crippen molar-refractivity contribution in [2.75, 3.05) is 19.6 Å². The first kappa shape index (κ1) is 13.4. The van der Waals surface area contributed by atoms with Crippen molar-refractivity contribution in [2.45, 2.75) is 46.0 Å². The van der Waals surface area contributed by atoms with Crippen molar-refractivity contribution in [3.8, 4) is 0 Å². The fourth-order valence-corrected chi connectivity index (χ4v) is 1.62. The molecule has 0 bridgehead atoms. The van der Waals surface area contributed by atoms with Crippen LogP contribution in [-0.2, 0) is 0 Å². The van der Waals surface area contributed by atoms with Crippen LogP contribution in [0.1, 0.15) is 46.0 Å². The Morgan fingerprint density at radius 2 is 1.64 bits per heavy atom. The summed E-state index contributed by atoms with van der Waals surface area (Å²) in [5.74, 6) is 0.322. The van der Waals surface area contributed by atoms with Gasteiger partial charge in [0.2, 0.25) is 0 Å². The Hall–Kier alpha value is -0.570. The maximum Gasteiger partial charge on any atom is 0.0905 e. The van der Waals surface area contributed by atoms with Gasteiger partial charge in [-0.1, -0.05) is 13.8 Å². The zero-order valence-corrected chi connectivity index (χ0v) is 9.68. The van der Waals surface area contributed by atoms with Crippen LogP contribution >= 0.6 is 0 Å². The zero-order chi connectivity index (χ0) is 10.8. The monoisotopic (exact) mass is 199 g/mol. The molecule has 0 aliphatic carbocycles. The lowest BCUT2D eigenvalue weighted by Gasteiger charge is -2.20. The van der Waals surface area contributed by atoms with Gasteiger partial charge in [0.1, 0.15) is 0 Å². The van der Waals surface area contributed by atoms with Crippen LogP contribution in [0.3, 0.4) is 0 Å². The maximum absolute atomic E-state index is 7.11. The van der Waals surface area contributed by atoms with Gasteiger partial charge in [0.05, 0.1) is 5.84 Å². The summed E-state index contributed by atoms with van der Waals surface area (Å²) in [7, 11) is 0. The van der Waals surface area contributed by atoms with Crippen LogP contribution in [0.2, 0.25) is 0 Å². The van der Waals surface area contributed by atoms with E-state index in [2.05, 4.69) is 18.7 Å². The van der Waals surface area contributed by atoms with E-state index in [9.17, 15) is 0 Å². The molecule has 0 aromatic heterocycles. The highest BCUT2D eigenvalue weighted by atomic mass is 15.1. The van der Waals surface area contributed by atoms with Crippen molar-refractivity contribution >= 4 is 5.84 Å². The van der Waals surface area contributed by atoms with Gasteiger partial charge in [-0.2, -0.15) is 0 Å². The number of nitrogens with zero attached hydrogens (tertiary/aromatic N) is 1. The predicted octanol–water partition coefficient (Wildman–Crippen LogP) is 2.21. The average molecular weight is 199 g/mol. The van der Waals surface area contributed by atoms with Crippen LogP contribution < -0.4 is 5.73 Å². The molecule has 0 unspecified atom stereocenters. The van der Waals surface area contributed by atoms with Crippen LogP contribution in [0.5, 0.6) is 0 Å². The number of unbranched alkanes of at least 4 members (excludes halogenated alkanes) is 1. The fraction of sp³-hybridized carbons (Fsp3) is 0.909. The number of nitrogens with one attached hydrogen (secondary N) is 1. The first-order valence-corrected chi connectivity index (χ1v) is 5.76. The van der Waals surface area contributed by atoms with E-state index in [-0.39, 0.29) is 0 Å². The van der Waals surface area contributed by atoms with Gasteiger partial charge < -0.3 is 10.6 Å². The predicted molar refractivity (Wildman–Crippen MR) is 62.8 cm³/mol. The zero-order valence-electron chi connectivity index (χ0n) is 9.68. The van der Waals surface area contributed by atoms with Crippen molar-refractivity contribution in [3.63, 3.8) is 0 Å². The molecule has 0 fully saturated rings. The Labute approximate surface area is 88.2 Å². The summed E-state index contributed by atoms with van der Waals surface area (Å²) in [5.41, 5.74) is 5.30. The van der Waals surface area contributed by atoms with E-state index in [1.54, 1.807) is 0 Å². The van der Waals surface area contributed by atoms with Crippen LogP contribution in [0.15, 0.2) is 0 Å². The summed E-state index contributed by atoms with van der Waals surface area (Å²) in [6.45, 7) is 8.01. The van der Waals surface area contributed by atoms with Crippen LogP contribution in [0, 0.1) is 5.41 Å². The van der Waals surface area contributed by atoms with Gasteiger partial charge >= 0.3 is 0 Å². The van der Waals surface area contributed by atoms with Crippen molar-refractivity contribution in [2.24, 2.45) is 5.73 Å². The van der Waals surface area contributed by atoms with Gasteiger partial charge in [0.25, 0.3) is 0 Å². The van der Waals surface area contributed by atoms with Crippen LogP contribution in [0.4, 0.5) is 0 Å². The molecule has 0 aromatic rings. The molecule has 0 amide bonds. The largest absolute Gasteiger partial charge is 0.388 e. The molecule has 14 heavy (non-hydrogen) atoms. The second-order valence-corrected chi connectivity index (χ2v) is 3.82. The molecular weight excluding hydrogens is 174 g/mol. The summed E-state index contributed by atoms with van der Waals surface area (Å²) in [5, 5.41) is 7.11. The molecule has 0 radical (unpaired) electrons. The molecule has 0 aliphatic rings. The lowest BCUT2D eigenvalue weighted by molar-refractivity contribution is 0.269. The first-order valence-electron chi connectivity index (χ1n) is 5.76. The summed E-state index contributed by atoms with van der Waals surface area (Å²) in [6.07, 6.45) is 5.43. The van der Waals surface area contributed by atoms with Crippen molar-refractivity contribution < 1.29 is 0 Å². The van der Waals surface area contributed by atoms with E-state index in [0.717, 1.165) is 19.4 Å². The molecule has 0 heterocycles. The molecule has 3 heteroatoms. The van der Waals surface area contributed by atoms with Gasteiger partial charge in [-0.15, -0.1) is 0 Å². The summed E-state index contributed by atoms with van der Waals surface area (Å²) < 4.78 is 0. The summed E-state index contributed by atoms with van der Waals surface area (Å²) in [4.78, 5) is 2.50. The van der Waals surface area contributed by atoms with Crippen LogP contribution in [-0.4, -0.2) is 30.4 Å². The summed E-state index contributed by atoms with van der Waals surface area (Å²) >= 11 is 0. The Morgan fingerprint density at radius 3 is 2.07 bits per heavy atom. The number of amidine groups is 1. The third-order valence-corrected chi connectivity index (χ3v) is 2.25. The smallest absolute Gasteiger partial charge is 0.0905 e. The standard InChI is InChI=1S/C11H25N3/c1-3-8-14(9-4-2)10-6-5-7-11(12)13/h3-10H2,1-2H3,(H3,12,13). The molecule has 0 spiro atoms. The molecule has 0 saturated heterocycles. The second kappa shape index (κ2) is 9.00. The lowest BCUT2D eigenvalue weighted by atomic mass is 10.2. The number of hydrogen-bond acceptors (Lipinski definition) is 2. The molecule has 3 N–H and O–H groups in total. The van der Waals surface area contributed by atoms with Gasteiger partial charge in [-0.05, 0) is 45.3 Å². The van der Waals surface area contributed by atoms with Crippen molar-refractivity contribution in [1.82, 2.24) is 4.90 Å². The topological polar surface area (TPSA) is 53.1 Å². The second-order valence-electron chi connectivity index (χ2n) is 3.82. The van der Waals surface area contributed by atoms with Gasteiger partial charge in [0.15, 0.2) is 0 Å². The highest BCUT2D eigenvalue weighted by molar-refractivity contribution is 5.76. The molecular formula is C11H25N3. The van der Waals surface area contributed by atoms with Gasteiger partial charge in [-0.25, -0.2) is 0 Å². The van der Waals surface area contributed by atoms with Gasteiger partial charge in [0, 0.05) is 6.42 Å². The summed E-state index contributed by atoms with van der Waals surface area (Å²) in [6, 6.07) is 0. The van der Waals surface area contributed by atoms with E-state index >= 15 is 0 Å². The van der Waals surface area contributed by atoms with E-state index in [1.807, 2.05) is 0 Å². The van der Waals surface area contributed by atoms with E-state index in [1.165, 1.54) is 32.4 Å². The Balaban J connectivity index is 3.44. The molecule has 0 aliphatic heterocycles. The normalized spacial score (nSPS) is 10.8. The average Bonchev–Trinajstić information content (AvgIpc) is 2.12. The lowest BCUT2D eigenvalue weighted by Crippen LogP contribution is -2.26. The minimum atomic E-state index is 0.322. The Kier molecular flexibility index (Phi) is 8.64. The van der Waals surface area contributed by atoms with Gasteiger partial charge in [-0.3, -0.25) is 5.41 Å².